The number of hydroxylamine groups is 2. The van der Waals surface area contributed by atoms with Crippen LogP contribution in [0.4, 0.5) is 0 Å². The molecule has 2 aliphatic rings. The first-order valence-corrected chi connectivity index (χ1v) is 8.97. The summed E-state index contributed by atoms with van der Waals surface area (Å²) < 4.78 is 20.1. The Balaban J connectivity index is 1.67. The summed E-state index contributed by atoms with van der Waals surface area (Å²) in [6.07, 6.45) is 1.55. The molecule has 2 fully saturated rings. The molecule has 4 rings (SSSR count). The van der Waals surface area contributed by atoms with Crippen LogP contribution in [0.15, 0.2) is 18.6 Å². The fourth-order valence-corrected chi connectivity index (χ4v) is 3.79. The lowest BCUT2D eigenvalue weighted by Gasteiger charge is -2.25. The summed E-state index contributed by atoms with van der Waals surface area (Å²) >= 11 is 6.16. The molecule has 0 aromatic carbocycles. The molecule has 146 valence electrons. The van der Waals surface area contributed by atoms with Crippen LogP contribution < -0.4 is 0 Å². The summed E-state index contributed by atoms with van der Waals surface area (Å²) in [6, 6.07) is 1.83. The van der Waals surface area contributed by atoms with E-state index in [2.05, 4.69) is 9.97 Å². The van der Waals surface area contributed by atoms with Crippen LogP contribution in [-0.4, -0.2) is 63.8 Å². The summed E-state index contributed by atoms with van der Waals surface area (Å²) in [5, 5.41) is 2.26. The number of amides is 1. The number of halogens is 1. The highest BCUT2D eigenvalue weighted by Gasteiger charge is 2.56. The van der Waals surface area contributed by atoms with Gasteiger partial charge in [0, 0.05) is 13.2 Å². The Morgan fingerprint density at radius 2 is 2.11 bits per heavy atom. The van der Waals surface area contributed by atoms with Crippen molar-refractivity contribution in [3.63, 3.8) is 0 Å². The second kappa shape index (κ2) is 6.68. The second-order valence-corrected chi connectivity index (χ2v) is 7.39. The molecule has 10 heteroatoms. The smallest absolute Gasteiger partial charge is 0.248 e. The van der Waals surface area contributed by atoms with Gasteiger partial charge >= 0.3 is 0 Å². The third kappa shape index (κ3) is 3.19. The van der Waals surface area contributed by atoms with Crippen LogP contribution in [0.3, 0.4) is 0 Å². The molecule has 0 saturated carbocycles. The van der Waals surface area contributed by atoms with E-state index in [1.165, 1.54) is 18.5 Å². The molecule has 4 heterocycles. The Morgan fingerprint density at radius 1 is 1.37 bits per heavy atom. The fourth-order valence-electron chi connectivity index (χ4n) is 3.60. The summed E-state index contributed by atoms with van der Waals surface area (Å²) in [6.45, 7) is 3.69. The Labute approximate surface area is 161 Å². The van der Waals surface area contributed by atoms with Crippen molar-refractivity contribution in [1.82, 2.24) is 19.6 Å². The van der Waals surface area contributed by atoms with E-state index >= 15 is 0 Å². The standard InChI is InChI=1S/C17H21ClN4O5/c1-17(2)26-12-10(7-11(23)21(3)24-4)25-16(13(12)27-17)22-6-5-9-14(18)19-8-20-15(9)22/h5-6,8,10,12-13,16H,7H2,1-4H3/t10-,12-,13+,16+/m0/s1. The van der Waals surface area contributed by atoms with E-state index in [0.717, 1.165) is 5.39 Å². The highest BCUT2D eigenvalue weighted by atomic mass is 35.5. The Morgan fingerprint density at radius 3 is 2.85 bits per heavy atom. The first-order valence-electron chi connectivity index (χ1n) is 8.59. The van der Waals surface area contributed by atoms with Crippen molar-refractivity contribution in [3.8, 4) is 0 Å². The van der Waals surface area contributed by atoms with Gasteiger partial charge in [0.1, 0.15) is 29.3 Å². The van der Waals surface area contributed by atoms with Crippen molar-refractivity contribution in [1.29, 1.82) is 0 Å². The van der Waals surface area contributed by atoms with E-state index in [9.17, 15) is 4.79 Å². The molecule has 2 aliphatic heterocycles. The zero-order valence-electron chi connectivity index (χ0n) is 15.5. The summed E-state index contributed by atoms with van der Waals surface area (Å²) in [5.74, 6) is -0.987. The molecular formula is C17H21ClN4O5. The lowest BCUT2D eigenvalue weighted by atomic mass is 10.1. The molecule has 9 nitrogen and oxygen atoms in total. The summed E-state index contributed by atoms with van der Waals surface area (Å²) in [5.41, 5.74) is 0.632. The molecule has 0 unspecified atom stereocenters. The predicted octanol–water partition coefficient (Wildman–Crippen LogP) is 1.91. The number of nitrogens with zero attached hydrogens (tertiary/aromatic N) is 4. The number of hydrogen-bond acceptors (Lipinski definition) is 7. The molecule has 27 heavy (non-hydrogen) atoms. The number of rotatable bonds is 4. The van der Waals surface area contributed by atoms with E-state index in [-0.39, 0.29) is 12.3 Å². The van der Waals surface area contributed by atoms with Gasteiger partial charge < -0.3 is 18.8 Å². The summed E-state index contributed by atoms with van der Waals surface area (Å²) in [7, 11) is 2.99. The normalized spacial score (nSPS) is 29.2. The average molecular weight is 397 g/mol. The van der Waals surface area contributed by atoms with E-state index in [1.807, 2.05) is 30.7 Å². The van der Waals surface area contributed by atoms with Crippen LogP contribution in [0.5, 0.6) is 0 Å². The minimum atomic E-state index is -0.776. The number of carbonyl (C=O) groups is 1. The third-order valence-corrected chi connectivity index (χ3v) is 5.16. The maximum absolute atomic E-state index is 12.3. The molecule has 1 amide bonds. The maximum Gasteiger partial charge on any atom is 0.248 e. The first-order chi connectivity index (χ1) is 12.8. The van der Waals surface area contributed by atoms with Crippen LogP contribution in [0, 0.1) is 0 Å². The van der Waals surface area contributed by atoms with Gasteiger partial charge in [0.15, 0.2) is 12.0 Å². The molecule has 0 bridgehead atoms. The van der Waals surface area contributed by atoms with Crippen molar-refractivity contribution in [2.75, 3.05) is 14.2 Å². The van der Waals surface area contributed by atoms with Gasteiger partial charge in [0.05, 0.1) is 25.0 Å². The maximum atomic E-state index is 12.3. The van der Waals surface area contributed by atoms with Crippen molar-refractivity contribution in [3.05, 3.63) is 23.7 Å². The zero-order chi connectivity index (χ0) is 19.3. The molecule has 4 atom stereocenters. The van der Waals surface area contributed by atoms with Crippen molar-refractivity contribution in [2.45, 2.75) is 50.6 Å². The largest absolute Gasteiger partial charge is 0.348 e. The molecule has 0 radical (unpaired) electrons. The van der Waals surface area contributed by atoms with Gasteiger partial charge in [-0.1, -0.05) is 11.6 Å². The van der Waals surface area contributed by atoms with Crippen LogP contribution >= 0.6 is 11.6 Å². The van der Waals surface area contributed by atoms with Crippen molar-refractivity contribution < 1.29 is 23.8 Å². The number of aromatic nitrogens is 3. The highest BCUT2D eigenvalue weighted by molar-refractivity contribution is 6.33. The molecule has 2 aromatic heterocycles. The molecule has 0 N–H and O–H groups in total. The van der Waals surface area contributed by atoms with E-state index in [1.54, 1.807) is 7.05 Å². The second-order valence-electron chi connectivity index (χ2n) is 7.03. The van der Waals surface area contributed by atoms with Gasteiger partial charge in [-0.25, -0.2) is 15.0 Å². The number of carbonyl (C=O) groups excluding carboxylic acids is 1. The lowest BCUT2D eigenvalue weighted by molar-refractivity contribution is -0.201. The van der Waals surface area contributed by atoms with Gasteiger partial charge in [-0.05, 0) is 19.9 Å². The molecule has 0 spiro atoms. The summed E-state index contributed by atoms with van der Waals surface area (Å²) in [4.78, 5) is 25.6. The first kappa shape index (κ1) is 18.6. The number of ether oxygens (including phenoxy) is 3. The van der Waals surface area contributed by atoms with Gasteiger partial charge in [-0.15, -0.1) is 0 Å². The molecule has 2 saturated heterocycles. The van der Waals surface area contributed by atoms with Crippen LogP contribution in [0.2, 0.25) is 5.15 Å². The van der Waals surface area contributed by atoms with Crippen LogP contribution in [0.25, 0.3) is 11.0 Å². The van der Waals surface area contributed by atoms with Gasteiger partial charge in [-0.3, -0.25) is 9.63 Å². The number of fused-ring (bicyclic) bond motifs is 2. The quantitative estimate of drug-likeness (QED) is 0.576. The van der Waals surface area contributed by atoms with Crippen LogP contribution in [0.1, 0.15) is 26.5 Å². The Kier molecular flexibility index (Phi) is 4.59. The van der Waals surface area contributed by atoms with Crippen LogP contribution in [-0.2, 0) is 23.8 Å². The minimum absolute atomic E-state index is 0.108. The zero-order valence-corrected chi connectivity index (χ0v) is 16.2. The minimum Gasteiger partial charge on any atom is -0.348 e. The van der Waals surface area contributed by atoms with Gasteiger partial charge in [-0.2, -0.15) is 0 Å². The van der Waals surface area contributed by atoms with Crippen molar-refractivity contribution in [2.24, 2.45) is 0 Å². The predicted molar refractivity (Wildman–Crippen MR) is 94.7 cm³/mol. The monoisotopic (exact) mass is 396 g/mol. The van der Waals surface area contributed by atoms with E-state index in [4.69, 9.17) is 30.6 Å². The fraction of sp³-hybridized carbons (Fsp3) is 0.588. The Hall–Kier alpha value is -1.78. The molecular weight excluding hydrogens is 376 g/mol. The van der Waals surface area contributed by atoms with Gasteiger partial charge in [0.2, 0.25) is 5.91 Å². The topological polar surface area (TPSA) is 87.9 Å². The highest BCUT2D eigenvalue weighted by Crippen LogP contribution is 2.45. The number of hydrogen-bond donors (Lipinski definition) is 0. The van der Waals surface area contributed by atoms with Crippen molar-refractivity contribution >= 4 is 28.5 Å². The third-order valence-electron chi connectivity index (χ3n) is 4.86. The van der Waals surface area contributed by atoms with E-state index < -0.39 is 30.3 Å². The molecule has 2 aromatic rings. The SMILES string of the molecule is CON(C)C(=O)C[C@@H]1O[C@@H](n2ccc3c(Cl)ncnc32)[C@@H]2OC(C)(C)O[C@H]21. The average Bonchev–Trinajstić information content (AvgIpc) is 3.27. The lowest BCUT2D eigenvalue weighted by Crippen LogP contribution is -2.35. The Bertz CT molecular complexity index is 872. The molecule has 0 aliphatic carbocycles. The van der Waals surface area contributed by atoms with Gasteiger partial charge in [0.25, 0.3) is 0 Å². The van der Waals surface area contributed by atoms with E-state index in [0.29, 0.717) is 10.8 Å².